The fourth-order valence-corrected chi connectivity index (χ4v) is 3.69. The van der Waals surface area contributed by atoms with Crippen molar-refractivity contribution >= 4 is 20.0 Å². The Balaban J connectivity index is 4.81. The SMILES string of the molecule is CS(=O)(=O)N(CCCN)S(C)(=O)=O. The Bertz CT molecular complexity index is 313. The van der Waals surface area contributed by atoms with Crippen LogP contribution in [-0.2, 0) is 20.0 Å². The number of nitrogens with two attached hydrogens (primary N) is 1. The molecular weight excluding hydrogens is 216 g/mol. The van der Waals surface area contributed by atoms with Crippen LogP contribution in [0.5, 0.6) is 0 Å². The van der Waals surface area contributed by atoms with Gasteiger partial charge in [0.2, 0.25) is 20.0 Å². The zero-order chi connectivity index (χ0) is 10.7. The number of rotatable bonds is 5. The van der Waals surface area contributed by atoms with Crippen LogP contribution < -0.4 is 5.73 Å². The third-order valence-electron chi connectivity index (χ3n) is 1.28. The van der Waals surface area contributed by atoms with Crippen molar-refractivity contribution in [3.8, 4) is 0 Å². The lowest BCUT2D eigenvalue weighted by molar-refractivity contribution is 0.499. The summed E-state index contributed by atoms with van der Waals surface area (Å²) in [5, 5.41) is 0. The lowest BCUT2D eigenvalue weighted by Crippen LogP contribution is -2.36. The van der Waals surface area contributed by atoms with Crippen molar-refractivity contribution in [3.63, 3.8) is 0 Å². The van der Waals surface area contributed by atoms with E-state index in [1.54, 1.807) is 0 Å². The Morgan fingerprint density at radius 1 is 1.08 bits per heavy atom. The Morgan fingerprint density at radius 3 is 1.69 bits per heavy atom. The number of hydrogen-bond acceptors (Lipinski definition) is 5. The van der Waals surface area contributed by atoms with Gasteiger partial charge in [0.1, 0.15) is 0 Å². The van der Waals surface area contributed by atoms with Crippen LogP contribution >= 0.6 is 0 Å². The highest BCUT2D eigenvalue weighted by atomic mass is 32.3. The van der Waals surface area contributed by atoms with Crippen LogP contribution in [-0.4, -0.2) is 46.1 Å². The fourth-order valence-electron chi connectivity index (χ4n) is 0.798. The molecule has 0 bridgehead atoms. The first-order valence-electron chi connectivity index (χ1n) is 3.57. The van der Waals surface area contributed by atoms with E-state index in [0.29, 0.717) is 10.1 Å². The van der Waals surface area contributed by atoms with Gasteiger partial charge in [0.15, 0.2) is 0 Å². The highest BCUT2D eigenvalue weighted by molar-refractivity contribution is 8.03. The topological polar surface area (TPSA) is 97.5 Å². The molecule has 0 amide bonds. The largest absolute Gasteiger partial charge is 0.330 e. The van der Waals surface area contributed by atoms with Crippen LogP contribution in [0.3, 0.4) is 0 Å². The van der Waals surface area contributed by atoms with Crippen molar-refractivity contribution in [2.24, 2.45) is 5.73 Å². The zero-order valence-corrected chi connectivity index (χ0v) is 9.23. The first kappa shape index (κ1) is 12.8. The van der Waals surface area contributed by atoms with Crippen molar-refractivity contribution in [1.29, 1.82) is 0 Å². The van der Waals surface area contributed by atoms with Gasteiger partial charge < -0.3 is 5.73 Å². The molecule has 0 unspecified atom stereocenters. The molecule has 80 valence electrons. The van der Waals surface area contributed by atoms with Crippen LogP contribution in [0.1, 0.15) is 6.42 Å². The van der Waals surface area contributed by atoms with Gasteiger partial charge >= 0.3 is 0 Å². The highest BCUT2D eigenvalue weighted by Gasteiger charge is 2.25. The average Bonchev–Trinajstić information content (AvgIpc) is 1.81. The number of nitrogens with zero attached hydrogens (tertiary/aromatic N) is 1. The Labute approximate surface area is 78.8 Å². The standard InChI is InChI=1S/C5H14N2O4S2/c1-12(8,9)7(5-3-4-6)13(2,10)11/h3-6H2,1-2H3. The maximum absolute atomic E-state index is 11.0. The molecule has 2 N–H and O–H groups in total. The van der Waals surface area contributed by atoms with Crippen molar-refractivity contribution < 1.29 is 16.8 Å². The Kier molecular flexibility index (Phi) is 4.30. The summed E-state index contributed by atoms with van der Waals surface area (Å²) in [5.41, 5.74) is 5.15. The predicted octanol–water partition coefficient (Wildman–Crippen LogP) is -1.44. The van der Waals surface area contributed by atoms with E-state index in [-0.39, 0.29) is 13.1 Å². The first-order valence-corrected chi connectivity index (χ1v) is 7.27. The second-order valence-corrected chi connectivity index (χ2v) is 6.71. The normalized spacial score (nSPS) is 13.5. The third-order valence-corrected chi connectivity index (χ3v) is 4.75. The van der Waals surface area contributed by atoms with Gasteiger partial charge in [-0.15, -0.1) is 0 Å². The van der Waals surface area contributed by atoms with E-state index in [4.69, 9.17) is 5.73 Å². The van der Waals surface area contributed by atoms with Gasteiger partial charge in [-0.05, 0) is 13.0 Å². The van der Waals surface area contributed by atoms with E-state index >= 15 is 0 Å². The third kappa shape index (κ3) is 4.55. The molecule has 13 heavy (non-hydrogen) atoms. The van der Waals surface area contributed by atoms with Gasteiger partial charge in [-0.1, -0.05) is 3.71 Å². The van der Waals surface area contributed by atoms with E-state index in [0.717, 1.165) is 12.5 Å². The minimum Gasteiger partial charge on any atom is -0.330 e. The molecule has 0 rings (SSSR count). The second-order valence-electron chi connectivity index (χ2n) is 2.66. The van der Waals surface area contributed by atoms with Gasteiger partial charge in [0.25, 0.3) is 0 Å². The summed E-state index contributed by atoms with van der Waals surface area (Å²) in [4.78, 5) is 0. The molecule has 0 heterocycles. The zero-order valence-electron chi connectivity index (χ0n) is 7.60. The van der Waals surface area contributed by atoms with Crippen molar-refractivity contribution in [2.45, 2.75) is 6.42 Å². The summed E-state index contributed by atoms with van der Waals surface area (Å²) >= 11 is 0. The molecule has 0 aromatic rings. The molecule has 0 aliphatic carbocycles. The fraction of sp³-hybridized carbons (Fsp3) is 1.00. The smallest absolute Gasteiger partial charge is 0.224 e. The monoisotopic (exact) mass is 230 g/mol. The van der Waals surface area contributed by atoms with Crippen LogP contribution in [0.25, 0.3) is 0 Å². The highest BCUT2D eigenvalue weighted by Crippen LogP contribution is 2.05. The van der Waals surface area contributed by atoms with Crippen LogP contribution in [0.2, 0.25) is 0 Å². The molecule has 0 aliphatic heterocycles. The van der Waals surface area contributed by atoms with Crippen LogP contribution in [0.15, 0.2) is 0 Å². The van der Waals surface area contributed by atoms with E-state index in [1.807, 2.05) is 0 Å². The maximum atomic E-state index is 11.0. The molecule has 0 saturated heterocycles. The first-order chi connectivity index (χ1) is 5.69. The van der Waals surface area contributed by atoms with Crippen molar-refractivity contribution in [2.75, 3.05) is 25.6 Å². The molecule has 0 aromatic heterocycles. The number of hydrogen-bond donors (Lipinski definition) is 1. The summed E-state index contributed by atoms with van der Waals surface area (Å²) < 4.78 is 44.4. The van der Waals surface area contributed by atoms with Crippen LogP contribution in [0, 0.1) is 0 Å². The number of sulfonamides is 2. The van der Waals surface area contributed by atoms with E-state index in [1.165, 1.54) is 0 Å². The molecule has 0 saturated carbocycles. The average molecular weight is 230 g/mol. The van der Waals surface area contributed by atoms with Gasteiger partial charge in [0, 0.05) is 6.54 Å². The lowest BCUT2D eigenvalue weighted by Gasteiger charge is -2.16. The van der Waals surface area contributed by atoms with E-state index in [9.17, 15) is 16.8 Å². The molecule has 6 nitrogen and oxygen atoms in total. The van der Waals surface area contributed by atoms with Gasteiger partial charge in [-0.25, -0.2) is 16.8 Å². The second kappa shape index (κ2) is 4.36. The molecule has 0 spiro atoms. The summed E-state index contributed by atoms with van der Waals surface area (Å²) in [5.74, 6) is 0. The summed E-state index contributed by atoms with van der Waals surface area (Å²) in [6.45, 7) is 0.162. The molecular formula is C5H14N2O4S2. The van der Waals surface area contributed by atoms with Gasteiger partial charge in [0.05, 0.1) is 12.5 Å². The van der Waals surface area contributed by atoms with Gasteiger partial charge in [-0.3, -0.25) is 0 Å². The van der Waals surface area contributed by atoms with Gasteiger partial charge in [-0.2, -0.15) is 0 Å². The molecule has 0 radical (unpaired) electrons. The molecule has 8 heteroatoms. The minimum atomic E-state index is -3.71. The van der Waals surface area contributed by atoms with Crippen molar-refractivity contribution in [1.82, 2.24) is 3.71 Å². The van der Waals surface area contributed by atoms with Crippen molar-refractivity contribution in [3.05, 3.63) is 0 Å². The maximum Gasteiger partial charge on any atom is 0.224 e. The lowest BCUT2D eigenvalue weighted by atomic mass is 10.4. The molecule has 0 aromatic carbocycles. The van der Waals surface area contributed by atoms with E-state index < -0.39 is 20.0 Å². The Hall–Kier alpha value is -0.180. The molecule has 0 atom stereocenters. The molecule has 0 aliphatic rings. The van der Waals surface area contributed by atoms with Crippen LogP contribution in [0.4, 0.5) is 0 Å². The summed E-state index contributed by atoms with van der Waals surface area (Å²) in [7, 11) is -7.41. The van der Waals surface area contributed by atoms with E-state index in [2.05, 4.69) is 0 Å². The molecule has 0 fully saturated rings. The summed E-state index contributed by atoms with van der Waals surface area (Å²) in [6.07, 6.45) is 2.02. The minimum absolute atomic E-state index is 0.0891. The predicted molar refractivity (Wildman–Crippen MR) is 50.1 cm³/mol. The quantitative estimate of drug-likeness (QED) is 0.623. The Morgan fingerprint density at radius 2 is 1.46 bits per heavy atom. The summed E-state index contributed by atoms with van der Waals surface area (Å²) in [6, 6.07) is 0.